The Morgan fingerprint density at radius 1 is 1.42 bits per heavy atom. The molecule has 0 N–H and O–H groups in total. The highest BCUT2D eigenvalue weighted by molar-refractivity contribution is 5.48. The molecule has 1 aromatic carbocycles. The van der Waals surface area contributed by atoms with Crippen molar-refractivity contribution in [2.75, 3.05) is 0 Å². The van der Waals surface area contributed by atoms with E-state index in [1.54, 1.807) is 12.1 Å². The van der Waals surface area contributed by atoms with Crippen molar-refractivity contribution in [2.24, 2.45) is 0 Å². The summed E-state index contributed by atoms with van der Waals surface area (Å²) in [5, 5.41) is 0. The maximum Gasteiger partial charge on any atom is 0.222 e. The van der Waals surface area contributed by atoms with Crippen LogP contribution in [0.2, 0.25) is 0 Å². The molecule has 0 atom stereocenters. The van der Waals surface area contributed by atoms with E-state index in [0.29, 0.717) is 5.92 Å². The lowest BCUT2D eigenvalue weighted by Crippen LogP contribution is -1.86. The minimum absolute atomic E-state index is 0.112. The van der Waals surface area contributed by atoms with Crippen molar-refractivity contribution in [3.63, 3.8) is 0 Å². The van der Waals surface area contributed by atoms with E-state index in [2.05, 4.69) is 4.85 Å². The summed E-state index contributed by atoms with van der Waals surface area (Å²) in [6.07, 6.45) is 0. The van der Waals surface area contributed by atoms with E-state index >= 15 is 0 Å². The average Bonchev–Trinajstić information content (AvgIpc) is 2.05. The van der Waals surface area contributed by atoms with Gasteiger partial charge in [0.2, 0.25) is 5.69 Å². The van der Waals surface area contributed by atoms with Crippen molar-refractivity contribution in [3.05, 3.63) is 41.0 Å². The van der Waals surface area contributed by atoms with Crippen LogP contribution in [0.5, 0.6) is 0 Å². The Kier molecular flexibility index (Phi) is 2.44. The van der Waals surface area contributed by atoms with Gasteiger partial charge in [-0.3, -0.25) is 0 Å². The first kappa shape index (κ1) is 8.73. The van der Waals surface area contributed by atoms with Gasteiger partial charge in [0.1, 0.15) is 5.82 Å². The summed E-state index contributed by atoms with van der Waals surface area (Å²) < 4.78 is 12.8. The number of rotatable bonds is 1. The Balaban J connectivity index is 3.16. The Morgan fingerprint density at radius 2 is 2.08 bits per heavy atom. The normalized spacial score (nSPS) is 9.92. The van der Waals surface area contributed by atoms with Crippen LogP contribution in [0.25, 0.3) is 4.85 Å². The zero-order chi connectivity index (χ0) is 9.14. The summed E-state index contributed by atoms with van der Waals surface area (Å²) in [7, 11) is 0. The highest BCUT2D eigenvalue weighted by Gasteiger charge is 2.04. The predicted molar refractivity (Wildman–Crippen MR) is 46.8 cm³/mol. The van der Waals surface area contributed by atoms with Crippen LogP contribution in [-0.4, -0.2) is 0 Å². The molecule has 0 heterocycles. The van der Waals surface area contributed by atoms with Crippen molar-refractivity contribution < 1.29 is 4.39 Å². The third kappa shape index (κ3) is 1.62. The summed E-state index contributed by atoms with van der Waals surface area (Å²) in [6.45, 7) is 10.7. The highest BCUT2D eigenvalue weighted by atomic mass is 18.2. The van der Waals surface area contributed by atoms with Gasteiger partial charge in [-0.1, -0.05) is 31.5 Å². The second kappa shape index (κ2) is 3.36. The van der Waals surface area contributed by atoms with Crippen LogP contribution in [0.1, 0.15) is 25.3 Å². The SMILES string of the molecule is [C-]#[N+]c1cc(C(C)C)ccc1[18F]. The van der Waals surface area contributed by atoms with E-state index in [-0.39, 0.29) is 5.69 Å². The maximum atomic E-state index is 12.8. The lowest BCUT2D eigenvalue weighted by molar-refractivity contribution is 0.632. The quantitative estimate of drug-likeness (QED) is 0.556. The van der Waals surface area contributed by atoms with E-state index in [0.717, 1.165) is 5.56 Å². The van der Waals surface area contributed by atoms with Gasteiger partial charge in [0.25, 0.3) is 0 Å². The molecule has 0 aromatic heterocycles. The van der Waals surface area contributed by atoms with Crippen LogP contribution in [0.15, 0.2) is 18.2 Å². The van der Waals surface area contributed by atoms with Gasteiger partial charge in [-0.05, 0) is 12.0 Å². The van der Waals surface area contributed by atoms with E-state index in [4.69, 9.17) is 6.57 Å². The number of hydrogen-bond donors (Lipinski definition) is 0. The molecule has 0 fully saturated rings. The van der Waals surface area contributed by atoms with Crippen molar-refractivity contribution >= 4 is 5.69 Å². The fourth-order valence-electron chi connectivity index (χ4n) is 0.974. The van der Waals surface area contributed by atoms with Crippen molar-refractivity contribution in [2.45, 2.75) is 19.8 Å². The molecule has 62 valence electrons. The van der Waals surface area contributed by atoms with Gasteiger partial charge in [-0.25, -0.2) is 9.24 Å². The first-order chi connectivity index (χ1) is 5.65. The molecule has 1 rings (SSSR count). The number of benzene rings is 1. The van der Waals surface area contributed by atoms with Crippen LogP contribution in [-0.2, 0) is 0 Å². The molecule has 12 heavy (non-hydrogen) atoms. The average molecular weight is 162 g/mol. The van der Waals surface area contributed by atoms with Crippen LogP contribution in [0, 0.1) is 12.4 Å². The molecule has 0 aliphatic rings. The van der Waals surface area contributed by atoms with Gasteiger partial charge >= 0.3 is 0 Å². The Labute approximate surface area is 71.7 Å². The molecule has 0 aliphatic heterocycles. The minimum Gasteiger partial charge on any atom is -0.235 e. The second-order valence-corrected chi connectivity index (χ2v) is 2.98. The number of halogens is 1. The van der Waals surface area contributed by atoms with Gasteiger partial charge in [0, 0.05) is 0 Å². The zero-order valence-corrected chi connectivity index (χ0v) is 7.13. The molecule has 0 bridgehead atoms. The molecule has 0 saturated carbocycles. The molecular formula is C10H10FN. The van der Waals surface area contributed by atoms with Crippen molar-refractivity contribution in [3.8, 4) is 0 Å². The molecule has 1 aromatic rings. The summed E-state index contributed by atoms with van der Waals surface area (Å²) in [5.41, 5.74) is 1.11. The minimum atomic E-state index is -0.436. The fraction of sp³-hybridized carbons (Fsp3) is 0.300. The molecule has 0 aliphatic carbocycles. The molecule has 1 nitrogen and oxygen atoms in total. The topological polar surface area (TPSA) is 4.36 Å². The van der Waals surface area contributed by atoms with Gasteiger partial charge in [-0.2, -0.15) is 0 Å². The van der Waals surface area contributed by atoms with Gasteiger partial charge in [0.05, 0.1) is 6.57 Å². The first-order valence-corrected chi connectivity index (χ1v) is 3.82. The van der Waals surface area contributed by atoms with Crippen molar-refractivity contribution in [1.29, 1.82) is 0 Å². The van der Waals surface area contributed by atoms with Gasteiger partial charge < -0.3 is 0 Å². The van der Waals surface area contributed by atoms with E-state index in [1.165, 1.54) is 6.07 Å². The fourth-order valence-corrected chi connectivity index (χ4v) is 0.974. The third-order valence-electron chi connectivity index (χ3n) is 1.76. The molecule has 2 heteroatoms. The lowest BCUT2D eigenvalue weighted by Gasteiger charge is -2.04. The van der Waals surface area contributed by atoms with Crippen LogP contribution >= 0.6 is 0 Å². The summed E-state index contributed by atoms with van der Waals surface area (Å²) in [4.78, 5) is 3.09. The lowest BCUT2D eigenvalue weighted by atomic mass is 10.0. The predicted octanol–water partition coefficient (Wildman–Crippen LogP) is 3.50. The Hall–Kier alpha value is -1.36. The largest absolute Gasteiger partial charge is 0.235 e. The second-order valence-electron chi connectivity index (χ2n) is 2.98. The smallest absolute Gasteiger partial charge is 0.222 e. The molecule has 0 unspecified atom stereocenters. The summed E-state index contributed by atoms with van der Waals surface area (Å²) in [6, 6.07) is 4.67. The van der Waals surface area contributed by atoms with Gasteiger partial charge in [-0.15, -0.1) is 0 Å². The van der Waals surface area contributed by atoms with Crippen LogP contribution < -0.4 is 0 Å². The molecular weight excluding hydrogens is 152 g/mol. The highest BCUT2D eigenvalue weighted by Crippen LogP contribution is 2.23. The standard InChI is InChI=1S/C10H10FN/c1-7(2)8-4-5-9(11)10(6-8)12-3/h4-7H,1-2H3/i11-1. The first-order valence-electron chi connectivity index (χ1n) is 3.82. The van der Waals surface area contributed by atoms with E-state index < -0.39 is 5.82 Å². The molecule has 0 saturated heterocycles. The monoisotopic (exact) mass is 162 g/mol. The Bertz CT molecular complexity index is 323. The van der Waals surface area contributed by atoms with Crippen LogP contribution in [0.3, 0.4) is 0 Å². The molecule has 0 spiro atoms. The number of hydrogen-bond acceptors (Lipinski definition) is 0. The summed E-state index contributed by atoms with van der Waals surface area (Å²) >= 11 is 0. The third-order valence-corrected chi connectivity index (χ3v) is 1.76. The van der Waals surface area contributed by atoms with E-state index in [1.807, 2.05) is 13.8 Å². The van der Waals surface area contributed by atoms with Crippen molar-refractivity contribution in [1.82, 2.24) is 0 Å². The summed E-state index contributed by atoms with van der Waals surface area (Å²) in [5.74, 6) is -0.0968. The Morgan fingerprint density at radius 3 is 2.58 bits per heavy atom. The number of nitrogens with zero attached hydrogens (tertiary/aromatic N) is 1. The van der Waals surface area contributed by atoms with Gasteiger partial charge in [0.15, 0.2) is 0 Å². The zero-order valence-electron chi connectivity index (χ0n) is 7.13. The maximum absolute atomic E-state index is 12.8. The molecule has 0 radical (unpaired) electrons. The van der Waals surface area contributed by atoms with Crippen LogP contribution in [0.4, 0.5) is 10.1 Å². The molecule has 0 amide bonds. The van der Waals surface area contributed by atoms with E-state index in [9.17, 15) is 4.39 Å².